The van der Waals surface area contributed by atoms with E-state index in [9.17, 15) is 9.59 Å². The quantitative estimate of drug-likeness (QED) is 0.172. The van der Waals surface area contributed by atoms with E-state index in [1.807, 2.05) is 13.8 Å². The summed E-state index contributed by atoms with van der Waals surface area (Å²) in [6, 6.07) is 0. The Labute approximate surface area is 105 Å². The topological polar surface area (TPSA) is 43.4 Å². The van der Waals surface area contributed by atoms with Gasteiger partial charge < -0.3 is 4.74 Å². The molecular weight excluding hydrogens is 272 g/mol. The summed E-state index contributed by atoms with van der Waals surface area (Å²) in [5.74, 6) is -0.707. The Morgan fingerprint density at radius 3 is 2.44 bits per heavy atom. The fraction of sp³-hybridized carbons (Fsp3) is 0.667. The molecule has 0 aliphatic heterocycles. The number of ether oxygens (including phenoxy) is 1. The Hall–Kier alpha value is -0.640. The van der Waals surface area contributed by atoms with Crippen LogP contribution in [0.25, 0.3) is 0 Å². The highest BCUT2D eigenvalue weighted by Gasteiger charge is 2.17. The molecule has 0 unspecified atom stereocenters. The molecule has 0 aliphatic carbocycles. The fourth-order valence-electron chi connectivity index (χ4n) is 1.06. The molecule has 0 amide bonds. The van der Waals surface area contributed by atoms with E-state index >= 15 is 0 Å². The summed E-state index contributed by atoms with van der Waals surface area (Å²) in [5.41, 5.74) is 0.176. The second kappa shape index (κ2) is 9.58. The summed E-state index contributed by atoms with van der Waals surface area (Å²) < 4.78 is 5.02. The van der Waals surface area contributed by atoms with Crippen LogP contribution in [0.3, 0.4) is 0 Å². The van der Waals surface area contributed by atoms with E-state index in [-0.39, 0.29) is 16.7 Å². The first-order valence-electron chi connectivity index (χ1n) is 5.63. The average Bonchev–Trinajstić information content (AvgIpc) is 2.29. The van der Waals surface area contributed by atoms with E-state index in [4.69, 9.17) is 4.74 Å². The minimum absolute atomic E-state index is 0.158. The third kappa shape index (κ3) is 6.05. The maximum Gasteiger partial charge on any atom is 0.341 e. The summed E-state index contributed by atoms with van der Waals surface area (Å²) in [6.07, 6.45) is 5.08. The molecule has 92 valence electrons. The summed E-state index contributed by atoms with van der Waals surface area (Å²) in [6.45, 7) is 4.40. The van der Waals surface area contributed by atoms with E-state index in [0.29, 0.717) is 6.61 Å². The lowest BCUT2D eigenvalue weighted by molar-refractivity contribution is -0.140. The van der Waals surface area contributed by atoms with Gasteiger partial charge in [0, 0.05) is 0 Å². The zero-order valence-corrected chi connectivity index (χ0v) is 11.5. The number of unbranched alkanes of at least 4 members (excludes halogenated alkanes) is 2. The van der Waals surface area contributed by atoms with E-state index in [0.717, 1.165) is 25.7 Å². The molecule has 3 nitrogen and oxygen atoms in total. The van der Waals surface area contributed by atoms with Crippen LogP contribution in [0.4, 0.5) is 0 Å². The Balaban J connectivity index is 4.39. The molecule has 0 heterocycles. The predicted molar refractivity (Wildman–Crippen MR) is 67.7 cm³/mol. The van der Waals surface area contributed by atoms with Crippen molar-refractivity contribution in [3.8, 4) is 0 Å². The number of allylic oxidation sites excluding steroid dienone is 1. The average molecular weight is 291 g/mol. The number of hydrogen-bond acceptors (Lipinski definition) is 3. The second-order valence-electron chi connectivity index (χ2n) is 3.45. The van der Waals surface area contributed by atoms with Gasteiger partial charge >= 0.3 is 5.97 Å². The number of carbonyl (C=O) groups is 2. The summed E-state index contributed by atoms with van der Waals surface area (Å²) in [7, 11) is 0. The Bertz CT molecular complexity index is 259. The van der Waals surface area contributed by atoms with Crippen molar-refractivity contribution in [1.29, 1.82) is 0 Å². The molecule has 0 aromatic heterocycles. The molecule has 0 N–H and O–H groups in total. The number of halogens is 1. The Kier molecular flexibility index (Phi) is 9.19. The normalized spacial score (nSPS) is 11.3. The van der Waals surface area contributed by atoms with Crippen molar-refractivity contribution in [2.24, 2.45) is 0 Å². The second-order valence-corrected chi connectivity index (χ2v) is 4.01. The van der Waals surface area contributed by atoms with Gasteiger partial charge in [-0.2, -0.15) is 0 Å². The molecular formula is C12H19BrO3. The van der Waals surface area contributed by atoms with Gasteiger partial charge in [-0.25, -0.2) is 4.79 Å². The lowest BCUT2D eigenvalue weighted by Gasteiger charge is -2.05. The van der Waals surface area contributed by atoms with Crippen molar-refractivity contribution >= 4 is 27.7 Å². The van der Waals surface area contributed by atoms with Gasteiger partial charge in [0.2, 0.25) is 0 Å². The van der Waals surface area contributed by atoms with E-state index in [1.54, 1.807) is 6.08 Å². The van der Waals surface area contributed by atoms with Crippen LogP contribution in [0.5, 0.6) is 0 Å². The first-order chi connectivity index (χ1) is 7.67. The predicted octanol–water partition coefficient (Wildman–Crippen LogP) is 3.02. The lowest BCUT2D eigenvalue weighted by atomic mass is 10.1. The molecule has 0 atom stereocenters. The lowest BCUT2D eigenvalue weighted by Crippen LogP contribution is -2.17. The minimum atomic E-state index is -0.494. The molecule has 16 heavy (non-hydrogen) atoms. The monoisotopic (exact) mass is 290 g/mol. The largest absolute Gasteiger partial charge is 0.462 e. The Morgan fingerprint density at radius 2 is 1.94 bits per heavy atom. The number of esters is 1. The van der Waals surface area contributed by atoms with Gasteiger partial charge in [-0.15, -0.1) is 0 Å². The maximum atomic E-state index is 11.6. The number of alkyl halides is 1. The molecule has 0 bridgehead atoms. The van der Waals surface area contributed by atoms with Crippen molar-refractivity contribution in [3.63, 3.8) is 0 Å². The van der Waals surface area contributed by atoms with Gasteiger partial charge in [-0.3, -0.25) is 4.79 Å². The molecule has 0 radical (unpaired) electrons. The molecule has 0 spiro atoms. The van der Waals surface area contributed by atoms with E-state index in [2.05, 4.69) is 15.9 Å². The fourth-order valence-corrected chi connectivity index (χ4v) is 1.36. The molecule has 0 aromatic rings. The summed E-state index contributed by atoms with van der Waals surface area (Å²) in [4.78, 5) is 23.1. The van der Waals surface area contributed by atoms with Crippen LogP contribution >= 0.6 is 15.9 Å². The SMILES string of the molecule is CCC/C=C(\C(=O)CBr)C(=O)OCCCC. The molecule has 0 saturated carbocycles. The zero-order valence-electron chi connectivity index (χ0n) is 9.92. The third-order valence-corrected chi connectivity index (χ3v) is 2.52. The maximum absolute atomic E-state index is 11.6. The van der Waals surface area contributed by atoms with E-state index < -0.39 is 5.97 Å². The van der Waals surface area contributed by atoms with Crippen molar-refractivity contribution in [1.82, 2.24) is 0 Å². The van der Waals surface area contributed by atoms with Crippen LogP contribution in [0.15, 0.2) is 11.6 Å². The number of Topliss-reactive ketones (excluding diaryl/α,β-unsaturated/α-hetero) is 1. The van der Waals surface area contributed by atoms with Crippen molar-refractivity contribution in [2.75, 3.05) is 11.9 Å². The molecule has 0 aliphatic rings. The van der Waals surface area contributed by atoms with Gasteiger partial charge in [0.25, 0.3) is 0 Å². The highest BCUT2D eigenvalue weighted by Crippen LogP contribution is 2.06. The zero-order chi connectivity index (χ0) is 12.4. The van der Waals surface area contributed by atoms with Gasteiger partial charge in [-0.05, 0) is 12.8 Å². The van der Waals surface area contributed by atoms with Gasteiger partial charge in [-0.1, -0.05) is 48.7 Å². The smallest absolute Gasteiger partial charge is 0.341 e. The van der Waals surface area contributed by atoms with Gasteiger partial charge in [0.05, 0.1) is 17.5 Å². The highest BCUT2D eigenvalue weighted by molar-refractivity contribution is 9.09. The molecule has 0 rings (SSSR count). The Morgan fingerprint density at radius 1 is 1.25 bits per heavy atom. The first kappa shape index (κ1) is 15.4. The third-order valence-electron chi connectivity index (χ3n) is 2.01. The standard InChI is InChI=1S/C12H19BrO3/c1-3-5-7-10(11(14)9-13)12(15)16-8-6-4-2/h7H,3-6,8-9H2,1-2H3/b10-7+. The number of carbonyl (C=O) groups excluding carboxylic acids is 2. The number of hydrogen-bond donors (Lipinski definition) is 0. The van der Waals surface area contributed by atoms with Crippen LogP contribution < -0.4 is 0 Å². The van der Waals surface area contributed by atoms with Crippen molar-refractivity contribution in [2.45, 2.75) is 39.5 Å². The van der Waals surface area contributed by atoms with Gasteiger partial charge in [0.1, 0.15) is 0 Å². The van der Waals surface area contributed by atoms with Crippen LogP contribution in [0, 0.1) is 0 Å². The molecule has 0 aromatic carbocycles. The van der Waals surface area contributed by atoms with E-state index in [1.165, 1.54) is 0 Å². The first-order valence-corrected chi connectivity index (χ1v) is 6.75. The van der Waals surface area contributed by atoms with Crippen LogP contribution in [-0.4, -0.2) is 23.7 Å². The van der Waals surface area contributed by atoms with Crippen molar-refractivity contribution in [3.05, 3.63) is 11.6 Å². The summed E-state index contributed by atoms with van der Waals surface area (Å²) in [5, 5.41) is 0.158. The van der Waals surface area contributed by atoms with Crippen molar-refractivity contribution < 1.29 is 14.3 Å². The van der Waals surface area contributed by atoms with Crippen LogP contribution in [0.1, 0.15) is 39.5 Å². The highest BCUT2D eigenvalue weighted by atomic mass is 79.9. The molecule has 4 heteroatoms. The number of ketones is 1. The summed E-state index contributed by atoms with van der Waals surface area (Å²) >= 11 is 3.06. The molecule has 0 fully saturated rings. The number of rotatable bonds is 8. The molecule has 0 saturated heterocycles. The van der Waals surface area contributed by atoms with Crippen LogP contribution in [0.2, 0.25) is 0 Å². The van der Waals surface area contributed by atoms with Crippen LogP contribution in [-0.2, 0) is 14.3 Å². The van der Waals surface area contributed by atoms with Gasteiger partial charge in [0.15, 0.2) is 5.78 Å². The minimum Gasteiger partial charge on any atom is -0.462 e.